The van der Waals surface area contributed by atoms with Gasteiger partial charge < -0.3 is 9.64 Å². The first kappa shape index (κ1) is 25.0. The summed E-state index contributed by atoms with van der Waals surface area (Å²) in [6, 6.07) is 18.7. The van der Waals surface area contributed by atoms with E-state index in [1.54, 1.807) is 19.1 Å². The number of aromatic nitrogens is 2. The number of para-hydroxylation sites is 2. The topological polar surface area (TPSA) is 56.5 Å². The van der Waals surface area contributed by atoms with Crippen LogP contribution in [0, 0.1) is 4.77 Å². The van der Waals surface area contributed by atoms with E-state index in [0.29, 0.717) is 21.2 Å². The van der Waals surface area contributed by atoms with Gasteiger partial charge in [0.1, 0.15) is 5.03 Å². The molecule has 0 N–H and O–H groups in total. The fraction of sp³-hybridized carbons (Fsp3) is 0.320. The molecular formula is C25H29N3O3S2. The summed E-state index contributed by atoms with van der Waals surface area (Å²) in [6.07, 6.45) is 0. The molecule has 1 aromatic heterocycles. The average molecular weight is 484 g/mol. The molecule has 0 aliphatic heterocycles. The third-order valence-electron chi connectivity index (χ3n) is 5.27. The molecule has 0 radical (unpaired) electrons. The Bertz CT molecular complexity index is 1190. The first-order valence-corrected chi connectivity index (χ1v) is 12.5. The minimum absolute atomic E-state index is 0.00250. The number of ether oxygens (including phenoxy) is 1. The van der Waals surface area contributed by atoms with Gasteiger partial charge in [-0.3, -0.25) is 13.9 Å². The number of benzene rings is 2. The zero-order valence-electron chi connectivity index (χ0n) is 19.2. The molecule has 3 rings (SSSR count). The van der Waals surface area contributed by atoms with Crippen molar-refractivity contribution in [1.29, 1.82) is 0 Å². The van der Waals surface area contributed by atoms with Gasteiger partial charge in [0.2, 0.25) is 0 Å². The van der Waals surface area contributed by atoms with Crippen LogP contribution in [0.1, 0.15) is 31.1 Å². The highest BCUT2D eigenvalue weighted by atomic mass is 32.2. The van der Waals surface area contributed by atoms with Gasteiger partial charge in [0.25, 0.3) is 5.56 Å². The van der Waals surface area contributed by atoms with E-state index >= 15 is 0 Å². The van der Waals surface area contributed by atoms with Crippen molar-refractivity contribution in [1.82, 2.24) is 14.0 Å². The molecule has 0 atom stereocenters. The maximum atomic E-state index is 13.7. The Kier molecular flexibility index (Phi) is 9.05. The monoisotopic (exact) mass is 483 g/mol. The van der Waals surface area contributed by atoms with Crippen molar-refractivity contribution in [2.75, 3.05) is 32.0 Å². The van der Waals surface area contributed by atoms with E-state index in [0.717, 1.165) is 25.3 Å². The normalized spacial score (nSPS) is 11.0. The van der Waals surface area contributed by atoms with Crippen LogP contribution in [0.15, 0.2) is 70.5 Å². The molecule has 174 valence electrons. The summed E-state index contributed by atoms with van der Waals surface area (Å²) in [5.41, 5.74) is 0.912. The van der Waals surface area contributed by atoms with Gasteiger partial charge >= 0.3 is 5.97 Å². The van der Waals surface area contributed by atoms with Crippen LogP contribution < -0.4 is 5.56 Å². The number of carbonyl (C=O) groups excluding carboxylic acids is 1. The third kappa shape index (κ3) is 5.63. The van der Waals surface area contributed by atoms with Crippen LogP contribution in [0.4, 0.5) is 0 Å². The fourth-order valence-corrected chi connectivity index (χ4v) is 5.15. The van der Waals surface area contributed by atoms with Crippen molar-refractivity contribution >= 4 is 29.9 Å². The van der Waals surface area contributed by atoms with Crippen LogP contribution in [0.25, 0.3) is 11.4 Å². The van der Waals surface area contributed by atoms with Gasteiger partial charge in [-0.1, -0.05) is 50.2 Å². The Labute approximate surface area is 203 Å². The van der Waals surface area contributed by atoms with Gasteiger partial charge in [-0.15, -0.1) is 11.8 Å². The summed E-state index contributed by atoms with van der Waals surface area (Å²) < 4.78 is 8.83. The molecule has 33 heavy (non-hydrogen) atoms. The van der Waals surface area contributed by atoms with E-state index in [2.05, 4.69) is 18.7 Å². The van der Waals surface area contributed by atoms with Gasteiger partial charge in [-0.25, -0.2) is 4.79 Å². The highest BCUT2D eigenvalue weighted by molar-refractivity contribution is 7.99. The van der Waals surface area contributed by atoms with E-state index in [4.69, 9.17) is 17.0 Å². The molecule has 0 spiro atoms. The second kappa shape index (κ2) is 12.0. The standard InChI is InChI=1S/C25H29N3O3S2/c1-4-26(5-2)17-18-33-23-21(24(30)31-6-3)22(29)27(19-13-9-7-10-14-19)25(32)28(23)20-15-11-8-12-16-20/h7-16H,4-6,17-18H2,1-3H3. The predicted molar refractivity (Wildman–Crippen MR) is 137 cm³/mol. The highest BCUT2D eigenvalue weighted by Crippen LogP contribution is 2.27. The zero-order valence-corrected chi connectivity index (χ0v) is 20.8. The molecule has 0 saturated carbocycles. The van der Waals surface area contributed by atoms with E-state index in [1.807, 2.05) is 53.1 Å². The highest BCUT2D eigenvalue weighted by Gasteiger charge is 2.26. The average Bonchev–Trinajstić information content (AvgIpc) is 2.83. The number of thioether (sulfide) groups is 1. The van der Waals surface area contributed by atoms with Crippen molar-refractivity contribution in [3.05, 3.63) is 81.4 Å². The lowest BCUT2D eigenvalue weighted by Crippen LogP contribution is -2.32. The summed E-state index contributed by atoms with van der Waals surface area (Å²) in [7, 11) is 0. The second-order valence-electron chi connectivity index (χ2n) is 7.21. The van der Waals surface area contributed by atoms with Gasteiger partial charge in [-0.2, -0.15) is 0 Å². The third-order valence-corrected chi connectivity index (χ3v) is 6.68. The lowest BCUT2D eigenvalue weighted by Gasteiger charge is -2.22. The summed E-state index contributed by atoms with van der Waals surface area (Å²) >= 11 is 7.29. The summed E-state index contributed by atoms with van der Waals surface area (Å²) in [5, 5.41) is 0.508. The predicted octanol–water partition coefficient (Wildman–Crippen LogP) is 4.97. The number of nitrogens with zero attached hydrogens (tertiary/aromatic N) is 3. The molecule has 0 bridgehead atoms. The van der Waals surface area contributed by atoms with E-state index in [-0.39, 0.29) is 12.2 Å². The summed E-state index contributed by atoms with van der Waals surface area (Å²) in [6.45, 7) is 8.82. The molecule has 1 heterocycles. The van der Waals surface area contributed by atoms with Crippen molar-refractivity contribution < 1.29 is 9.53 Å². The fourth-order valence-electron chi connectivity index (χ4n) is 3.52. The molecule has 3 aromatic rings. The maximum Gasteiger partial charge on any atom is 0.346 e. The molecule has 0 aliphatic carbocycles. The molecular weight excluding hydrogens is 454 g/mol. The first-order valence-electron chi connectivity index (χ1n) is 11.1. The van der Waals surface area contributed by atoms with Gasteiger partial charge in [0.05, 0.1) is 12.3 Å². The Morgan fingerprint density at radius 2 is 1.48 bits per heavy atom. The lowest BCUT2D eigenvalue weighted by molar-refractivity contribution is 0.0517. The summed E-state index contributed by atoms with van der Waals surface area (Å²) in [4.78, 5) is 29.0. The largest absolute Gasteiger partial charge is 0.462 e. The minimum atomic E-state index is -0.641. The van der Waals surface area contributed by atoms with E-state index < -0.39 is 11.5 Å². The number of rotatable bonds is 10. The van der Waals surface area contributed by atoms with E-state index in [1.165, 1.54) is 16.3 Å². The molecule has 8 heteroatoms. The zero-order chi connectivity index (χ0) is 23.8. The number of carbonyl (C=O) groups is 1. The van der Waals surface area contributed by atoms with Crippen LogP contribution in [-0.2, 0) is 4.74 Å². The SMILES string of the molecule is CCOC(=O)c1c(SCCN(CC)CC)n(-c2ccccc2)c(=S)n(-c2ccccc2)c1=O. The molecule has 0 aliphatic rings. The van der Waals surface area contributed by atoms with Crippen LogP contribution in [0.3, 0.4) is 0 Å². The molecule has 6 nitrogen and oxygen atoms in total. The lowest BCUT2D eigenvalue weighted by atomic mass is 10.2. The first-order chi connectivity index (χ1) is 16.0. The van der Waals surface area contributed by atoms with E-state index in [9.17, 15) is 9.59 Å². The Morgan fingerprint density at radius 3 is 2.00 bits per heavy atom. The Balaban J connectivity index is 2.29. The second-order valence-corrected chi connectivity index (χ2v) is 8.65. The molecule has 0 fully saturated rings. The maximum absolute atomic E-state index is 13.7. The van der Waals surface area contributed by atoms with Crippen molar-refractivity contribution in [3.8, 4) is 11.4 Å². The van der Waals surface area contributed by atoms with Crippen LogP contribution in [0.5, 0.6) is 0 Å². The van der Waals surface area contributed by atoms with Crippen LogP contribution in [-0.4, -0.2) is 52.0 Å². The molecule has 0 unspecified atom stereocenters. The van der Waals surface area contributed by atoms with Crippen molar-refractivity contribution in [3.63, 3.8) is 0 Å². The smallest absolute Gasteiger partial charge is 0.346 e. The Morgan fingerprint density at radius 1 is 0.939 bits per heavy atom. The van der Waals surface area contributed by atoms with Gasteiger partial charge in [-0.05, 0) is 56.5 Å². The van der Waals surface area contributed by atoms with Crippen LogP contribution >= 0.6 is 24.0 Å². The Hall–Kier alpha value is -2.68. The van der Waals surface area contributed by atoms with Gasteiger partial charge in [0, 0.05) is 18.0 Å². The number of esters is 1. The number of hydrogen-bond donors (Lipinski definition) is 0. The molecule has 2 aromatic carbocycles. The summed E-state index contributed by atoms with van der Waals surface area (Å²) in [5.74, 6) is 0.0574. The van der Waals surface area contributed by atoms with Crippen molar-refractivity contribution in [2.24, 2.45) is 0 Å². The molecule has 0 amide bonds. The number of hydrogen-bond acceptors (Lipinski definition) is 6. The van der Waals surface area contributed by atoms with Crippen molar-refractivity contribution in [2.45, 2.75) is 25.8 Å². The molecule has 0 saturated heterocycles. The van der Waals surface area contributed by atoms with Gasteiger partial charge in [0.15, 0.2) is 10.3 Å². The minimum Gasteiger partial charge on any atom is -0.462 e. The van der Waals surface area contributed by atoms with Crippen LogP contribution in [0.2, 0.25) is 0 Å². The quantitative estimate of drug-likeness (QED) is 0.176.